The van der Waals surface area contributed by atoms with Gasteiger partial charge in [0.05, 0.1) is 39.6 Å². The van der Waals surface area contributed by atoms with Crippen LogP contribution in [0.4, 0.5) is 0 Å². The average molecular weight is 543 g/mol. The maximum absolute atomic E-state index is 13.7. The molecular formula is C30H42N2O7. The fraction of sp³-hybridized carbons (Fsp3) is 0.567. The van der Waals surface area contributed by atoms with E-state index >= 15 is 0 Å². The molecule has 0 saturated carbocycles. The van der Waals surface area contributed by atoms with Crippen molar-refractivity contribution in [3.63, 3.8) is 0 Å². The number of carbonyl (C=O) groups is 1. The first-order valence-corrected chi connectivity index (χ1v) is 13.8. The number of nitrogens with one attached hydrogen (secondary N) is 1. The van der Waals surface area contributed by atoms with Crippen molar-refractivity contribution in [1.82, 2.24) is 10.2 Å². The van der Waals surface area contributed by atoms with E-state index in [4.69, 9.17) is 28.4 Å². The van der Waals surface area contributed by atoms with Gasteiger partial charge in [-0.3, -0.25) is 4.79 Å². The van der Waals surface area contributed by atoms with E-state index in [0.29, 0.717) is 56.6 Å². The molecule has 2 aliphatic rings. The molecule has 0 unspecified atom stereocenters. The molecule has 0 aliphatic carbocycles. The molecule has 0 bridgehead atoms. The fourth-order valence-electron chi connectivity index (χ4n) is 4.84. The number of methoxy groups -OCH3 is 2. The molecule has 2 aliphatic heterocycles. The van der Waals surface area contributed by atoms with Gasteiger partial charge in [-0.25, -0.2) is 0 Å². The lowest BCUT2D eigenvalue weighted by atomic mass is 10.0. The summed E-state index contributed by atoms with van der Waals surface area (Å²) in [6.07, 6.45) is 1.61. The molecule has 2 atom stereocenters. The minimum absolute atomic E-state index is 0.00873. The Kier molecular flexibility index (Phi) is 10.7. The van der Waals surface area contributed by atoms with Crippen LogP contribution < -0.4 is 24.3 Å². The van der Waals surface area contributed by atoms with Crippen LogP contribution >= 0.6 is 0 Å². The second-order valence-electron chi connectivity index (χ2n) is 10.2. The highest BCUT2D eigenvalue weighted by molar-refractivity contribution is 5.95. The van der Waals surface area contributed by atoms with Crippen LogP contribution in [-0.2, 0) is 16.1 Å². The summed E-state index contributed by atoms with van der Waals surface area (Å²) in [6.45, 7) is 9.09. The van der Waals surface area contributed by atoms with Gasteiger partial charge < -0.3 is 38.6 Å². The quantitative estimate of drug-likeness (QED) is 0.381. The summed E-state index contributed by atoms with van der Waals surface area (Å²) in [4.78, 5) is 15.6. The largest absolute Gasteiger partial charge is 0.493 e. The number of fused-ring (bicyclic) bond motifs is 1. The SMILES string of the molecule is COCCCOc1cc(C(=O)N(C[C@@H]2CNC[C@H]2OCc2ccc3c(c2)OCCCO3)C(C)C)ccc1OC. The van der Waals surface area contributed by atoms with Gasteiger partial charge in [-0.15, -0.1) is 0 Å². The van der Waals surface area contributed by atoms with E-state index in [1.807, 2.05) is 36.9 Å². The predicted octanol–water partition coefficient (Wildman–Crippen LogP) is 3.93. The average Bonchev–Trinajstić information content (AvgIpc) is 3.26. The van der Waals surface area contributed by atoms with Gasteiger partial charge in [0.25, 0.3) is 5.91 Å². The monoisotopic (exact) mass is 542 g/mol. The zero-order valence-electron chi connectivity index (χ0n) is 23.6. The molecule has 1 fully saturated rings. The first kappa shape index (κ1) is 29.0. The minimum Gasteiger partial charge on any atom is -0.493 e. The molecule has 39 heavy (non-hydrogen) atoms. The molecule has 0 radical (unpaired) electrons. The van der Waals surface area contributed by atoms with Crippen molar-refractivity contribution in [3.8, 4) is 23.0 Å². The Bertz CT molecular complexity index is 1080. The summed E-state index contributed by atoms with van der Waals surface area (Å²) in [6, 6.07) is 11.4. The standard InChI is InChI=1S/C30H42N2O7/c1-21(2)32(30(33)23-8-10-25(35-4)28(16-23)38-12-5-11-34-3)19-24-17-31-18-29(24)39-20-22-7-9-26-27(15-22)37-14-6-13-36-26/h7-10,15-16,21,24,29,31H,5-6,11-14,17-20H2,1-4H3/t24-,29+/m0/s1. The van der Waals surface area contributed by atoms with Crippen molar-refractivity contribution in [2.24, 2.45) is 5.92 Å². The first-order chi connectivity index (χ1) is 19.0. The zero-order chi connectivity index (χ0) is 27.6. The van der Waals surface area contributed by atoms with Crippen LogP contribution in [0.1, 0.15) is 42.6 Å². The molecule has 2 aromatic rings. The van der Waals surface area contributed by atoms with Crippen LogP contribution in [0, 0.1) is 5.92 Å². The van der Waals surface area contributed by atoms with E-state index in [9.17, 15) is 4.79 Å². The fourth-order valence-corrected chi connectivity index (χ4v) is 4.84. The van der Waals surface area contributed by atoms with Crippen LogP contribution in [-0.4, -0.2) is 83.2 Å². The summed E-state index contributed by atoms with van der Waals surface area (Å²) in [5.74, 6) is 2.84. The Morgan fingerprint density at radius 2 is 1.85 bits per heavy atom. The van der Waals surface area contributed by atoms with Crippen molar-refractivity contribution in [2.45, 2.75) is 45.4 Å². The maximum atomic E-state index is 13.7. The van der Waals surface area contributed by atoms with Crippen LogP contribution in [0.25, 0.3) is 0 Å². The van der Waals surface area contributed by atoms with Crippen LogP contribution in [0.5, 0.6) is 23.0 Å². The Labute approximate surface area is 231 Å². The number of benzene rings is 2. The normalized spacial score (nSPS) is 18.6. The highest BCUT2D eigenvalue weighted by Crippen LogP contribution is 2.32. The van der Waals surface area contributed by atoms with Crippen LogP contribution in [0.15, 0.2) is 36.4 Å². The van der Waals surface area contributed by atoms with Crippen molar-refractivity contribution >= 4 is 5.91 Å². The van der Waals surface area contributed by atoms with Gasteiger partial charge in [-0.05, 0) is 49.7 Å². The van der Waals surface area contributed by atoms with Crippen LogP contribution in [0.3, 0.4) is 0 Å². The Morgan fingerprint density at radius 3 is 2.62 bits per heavy atom. The lowest BCUT2D eigenvalue weighted by molar-refractivity contribution is 0.0128. The molecule has 9 heteroatoms. The Hall–Kier alpha value is -3.01. The van der Waals surface area contributed by atoms with E-state index < -0.39 is 0 Å². The van der Waals surface area contributed by atoms with Crippen molar-refractivity contribution in [3.05, 3.63) is 47.5 Å². The highest BCUT2D eigenvalue weighted by Gasteiger charge is 2.32. The summed E-state index contributed by atoms with van der Waals surface area (Å²) < 4.78 is 34.4. The van der Waals surface area contributed by atoms with E-state index in [1.54, 1.807) is 32.4 Å². The van der Waals surface area contributed by atoms with Gasteiger partial charge in [-0.1, -0.05) is 6.07 Å². The van der Waals surface area contributed by atoms with Gasteiger partial charge in [0.1, 0.15) is 0 Å². The molecular weight excluding hydrogens is 500 g/mol. The third-order valence-electron chi connectivity index (χ3n) is 7.03. The number of ether oxygens (including phenoxy) is 6. The van der Waals surface area contributed by atoms with Crippen molar-refractivity contribution in [2.75, 3.05) is 60.3 Å². The summed E-state index contributed by atoms with van der Waals surface area (Å²) in [5, 5.41) is 3.44. The number of hydrogen-bond donors (Lipinski definition) is 1. The molecule has 214 valence electrons. The van der Waals surface area contributed by atoms with Gasteiger partial charge in [-0.2, -0.15) is 0 Å². The first-order valence-electron chi connectivity index (χ1n) is 13.8. The summed E-state index contributed by atoms with van der Waals surface area (Å²) in [7, 11) is 3.26. The summed E-state index contributed by atoms with van der Waals surface area (Å²) >= 11 is 0. The number of carbonyl (C=O) groups excluding carboxylic acids is 1. The zero-order valence-corrected chi connectivity index (χ0v) is 23.6. The second kappa shape index (κ2) is 14.4. The maximum Gasteiger partial charge on any atom is 0.254 e. The third kappa shape index (κ3) is 7.77. The molecule has 2 heterocycles. The number of hydrogen-bond acceptors (Lipinski definition) is 8. The van der Waals surface area contributed by atoms with Crippen molar-refractivity contribution in [1.29, 1.82) is 0 Å². The van der Waals surface area contributed by atoms with E-state index in [-0.39, 0.29) is 24.0 Å². The molecule has 0 spiro atoms. The minimum atomic E-state index is -0.0389. The Morgan fingerprint density at radius 1 is 1.03 bits per heavy atom. The molecule has 1 amide bonds. The lowest BCUT2D eigenvalue weighted by Gasteiger charge is -2.31. The highest BCUT2D eigenvalue weighted by atomic mass is 16.5. The van der Waals surface area contributed by atoms with Gasteiger partial charge in [0.2, 0.25) is 0 Å². The molecule has 1 saturated heterocycles. The van der Waals surface area contributed by atoms with Crippen LogP contribution in [0.2, 0.25) is 0 Å². The number of nitrogens with zero attached hydrogens (tertiary/aromatic N) is 1. The van der Waals surface area contributed by atoms with Gasteiger partial charge in [0.15, 0.2) is 23.0 Å². The molecule has 0 aromatic heterocycles. The van der Waals surface area contributed by atoms with Crippen molar-refractivity contribution < 1.29 is 33.2 Å². The van der Waals surface area contributed by atoms with E-state index in [1.165, 1.54) is 0 Å². The van der Waals surface area contributed by atoms with Gasteiger partial charge >= 0.3 is 0 Å². The number of rotatable bonds is 13. The lowest BCUT2D eigenvalue weighted by Crippen LogP contribution is -2.43. The second-order valence-corrected chi connectivity index (χ2v) is 10.2. The Balaban J connectivity index is 1.39. The predicted molar refractivity (Wildman–Crippen MR) is 148 cm³/mol. The van der Waals surface area contributed by atoms with E-state index in [2.05, 4.69) is 5.32 Å². The van der Waals surface area contributed by atoms with Gasteiger partial charge in [0, 0.05) is 63.7 Å². The molecule has 9 nitrogen and oxygen atoms in total. The topological polar surface area (TPSA) is 87.7 Å². The smallest absolute Gasteiger partial charge is 0.254 e. The molecule has 4 rings (SSSR count). The third-order valence-corrected chi connectivity index (χ3v) is 7.03. The molecule has 1 N–H and O–H groups in total. The van der Waals surface area contributed by atoms with E-state index in [0.717, 1.165) is 43.0 Å². The number of amides is 1. The molecule has 2 aromatic carbocycles. The summed E-state index contributed by atoms with van der Waals surface area (Å²) in [5.41, 5.74) is 1.61.